The highest BCUT2D eigenvalue weighted by Crippen LogP contribution is 1.97. The zero-order chi connectivity index (χ0) is 16.3. The maximum atomic E-state index is 10.7. The lowest BCUT2D eigenvalue weighted by Crippen LogP contribution is -2.31. The predicted octanol–water partition coefficient (Wildman–Crippen LogP) is -0.384. The number of hydrogen-bond acceptors (Lipinski definition) is 7. The fourth-order valence-corrected chi connectivity index (χ4v) is 2.04. The number of nitrogens with two attached hydrogens (primary N) is 2. The van der Waals surface area contributed by atoms with Gasteiger partial charge in [-0.2, -0.15) is 11.8 Å². The molecule has 120 valence electrons. The zero-order valence-electron chi connectivity index (χ0n) is 11.6. The van der Waals surface area contributed by atoms with Crippen molar-refractivity contribution in [2.75, 3.05) is 24.0 Å². The molecule has 1 unspecified atom stereocenters. The summed E-state index contributed by atoms with van der Waals surface area (Å²) in [7, 11) is -2.60. The molecule has 20 heavy (non-hydrogen) atoms. The first-order valence-electron chi connectivity index (χ1n) is 5.68. The van der Waals surface area contributed by atoms with Crippen LogP contribution in [0, 0.1) is 4.78 Å². The Labute approximate surface area is 123 Å². The van der Waals surface area contributed by atoms with Crippen molar-refractivity contribution in [2.24, 2.45) is 11.5 Å². The second-order valence-corrected chi connectivity index (χ2v) is 7.57. The minimum atomic E-state index is -2.60. The van der Waals surface area contributed by atoms with Gasteiger partial charge in [0.15, 0.2) is 0 Å². The smallest absolute Gasteiger partial charge is 0.320 e. The van der Waals surface area contributed by atoms with E-state index in [0.29, 0.717) is 6.42 Å². The van der Waals surface area contributed by atoms with Crippen LogP contribution in [0.5, 0.6) is 0 Å². The Kier molecular flexibility index (Phi) is 11.7. The van der Waals surface area contributed by atoms with E-state index in [1.54, 1.807) is 11.8 Å². The molecule has 0 aromatic heterocycles. The van der Waals surface area contributed by atoms with Crippen LogP contribution in [0.25, 0.3) is 0 Å². The Morgan fingerprint density at radius 3 is 1.90 bits per heavy atom. The van der Waals surface area contributed by atoms with Gasteiger partial charge in [0.2, 0.25) is 0 Å². The summed E-state index contributed by atoms with van der Waals surface area (Å²) in [5.41, 5.74) is 10.3. The Hall–Kier alpha value is -0.840. The third-order valence-corrected chi connectivity index (χ3v) is 3.74. The van der Waals surface area contributed by atoms with Crippen LogP contribution in [0.4, 0.5) is 0 Å². The first-order chi connectivity index (χ1) is 9.01. The van der Waals surface area contributed by atoms with Gasteiger partial charge in [0.25, 0.3) is 0 Å². The highest BCUT2D eigenvalue weighted by molar-refractivity contribution is 7.98. The van der Waals surface area contributed by atoms with Crippen LogP contribution >= 0.6 is 11.8 Å². The van der Waals surface area contributed by atoms with Crippen molar-refractivity contribution >= 4 is 33.4 Å². The van der Waals surface area contributed by atoms with Crippen LogP contribution in [-0.2, 0) is 19.3 Å². The van der Waals surface area contributed by atoms with Crippen molar-refractivity contribution in [3.8, 4) is 0 Å². The molecule has 0 amide bonds. The van der Waals surface area contributed by atoms with Gasteiger partial charge >= 0.3 is 11.9 Å². The Balaban J connectivity index is 0. The summed E-state index contributed by atoms with van der Waals surface area (Å²) >= 11 is 1.60. The van der Waals surface area contributed by atoms with E-state index in [9.17, 15) is 13.8 Å². The molecule has 0 spiro atoms. The van der Waals surface area contributed by atoms with E-state index in [1.165, 1.54) is 6.26 Å². The van der Waals surface area contributed by atoms with Crippen molar-refractivity contribution in [3.63, 3.8) is 0 Å². The molecule has 0 aliphatic rings. The summed E-state index contributed by atoms with van der Waals surface area (Å²) in [6.07, 6.45) is 3.83. The summed E-state index contributed by atoms with van der Waals surface area (Å²) in [5, 5.41) is 16.6. The highest BCUT2D eigenvalue weighted by Gasteiger charge is 2.12. The van der Waals surface area contributed by atoms with E-state index in [4.69, 9.17) is 26.5 Å². The molecule has 0 aromatic rings. The predicted molar refractivity (Wildman–Crippen MR) is 80.5 cm³/mol. The molecule has 0 bridgehead atoms. The first kappa shape index (κ1) is 21.5. The molecule has 3 atom stereocenters. The largest absolute Gasteiger partial charge is 0.480 e. The number of carboxylic acids is 2. The average Bonchev–Trinajstić information content (AvgIpc) is 2.32. The van der Waals surface area contributed by atoms with Crippen LogP contribution < -0.4 is 11.5 Å². The summed E-state index contributed by atoms with van der Waals surface area (Å²) in [4.78, 5) is 20.2. The fraction of sp³-hybridized carbons (Fsp3) is 0.800. The van der Waals surface area contributed by atoms with Crippen LogP contribution in [0.15, 0.2) is 0 Å². The molecule has 0 aliphatic heterocycles. The third-order valence-electron chi connectivity index (χ3n) is 2.09. The van der Waals surface area contributed by atoms with Crippen molar-refractivity contribution in [2.45, 2.75) is 24.9 Å². The number of rotatable bonds is 8. The lowest BCUT2D eigenvalue weighted by Gasteiger charge is -2.04. The van der Waals surface area contributed by atoms with Gasteiger partial charge in [0.1, 0.15) is 12.1 Å². The van der Waals surface area contributed by atoms with Crippen molar-refractivity contribution in [1.82, 2.24) is 0 Å². The normalized spacial score (nSPS) is 16.2. The molecular formula is C10H23N3O5S2. The van der Waals surface area contributed by atoms with Gasteiger partial charge in [-0.05, 0) is 24.9 Å². The van der Waals surface area contributed by atoms with E-state index >= 15 is 0 Å². The minimum absolute atomic E-state index is 0.0421. The fourth-order valence-electron chi connectivity index (χ4n) is 0.844. The number of hydrogen-bond donors (Lipinski definition) is 5. The summed E-state index contributed by atoms with van der Waals surface area (Å²) in [6.45, 7) is 0. The maximum absolute atomic E-state index is 10.7. The number of carboxylic acid groups (broad SMARTS) is 2. The van der Waals surface area contributed by atoms with Gasteiger partial charge in [-0.3, -0.25) is 18.6 Å². The second-order valence-electron chi connectivity index (χ2n) is 4.17. The molecule has 10 heteroatoms. The zero-order valence-corrected chi connectivity index (χ0v) is 13.2. The summed E-state index contributed by atoms with van der Waals surface area (Å²) < 4.78 is 17.7. The lowest BCUT2D eigenvalue weighted by molar-refractivity contribution is -0.139. The third kappa shape index (κ3) is 15.2. The van der Waals surface area contributed by atoms with E-state index in [2.05, 4.69) is 0 Å². The molecule has 0 fully saturated rings. The Morgan fingerprint density at radius 1 is 1.20 bits per heavy atom. The van der Waals surface area contributed by atoms with Gasteiger partial charge in [-0.25, -0.2) is 0 Å². The van der Waals surface area contributed by atoms with E-state index in [-0.39, 0.29) is 12.2 Å². The van der Waals surface area contributed by atoms with E-state index in [0.717, 1.165) is 5.75 Å². The lowest BCUT2D eigenvalue weighted by atomic mass is 10.2. The summed E-state index contributed by atoms with van der Waals surface area (Å²) in [5.74, 6) is -1.17. The molecule has 8 nitrogen and oxygen atoms in total. The molecule has 0 rings (SSSR count). The number of aliphatic carboxylic acids is 2. The second kappa shape index (κ2) is 10.9. The minimum Gasteiger partial charge on any atom is -0.480 e. The van der Waals surface area contributed by atoms with Crippen molar-refractivity contribution in [3.05, 3.63) is 0 Å². The van der Waals surface area contributed by atoms with Gasteiger partial charge in [-0.15, -0.1) is 0 Å². The van der Waals surface area contributed by atoms with Gasteiger partial charge in [-0.1, -0.05) is 0 Å². The Bertz CT molecular complexity index is 400. The van der Waals surface area contributed by atoms with Gasteiger partial charge < -0.3 is 21.7 Å². The monoisotopic (exact) mass is 329 g/mol. The van der Waals surface area contributed by atoms with E-state index < -0.39 is 33.8 Å². The molecule has 0 aromatic carbocycles. The van der Waals surface area contributed by atoms with Crippen LogP contribution in [-0.4, -0.2) is 62.5 Å². The van der Waals surface area contributed by atoms with Crippen LogP contribution in [0.3, 0.4) is 0 Å². The molecule has 0 heterocycles. The quantitative estimate of drug-likeness (QED) is 0.401. The molecule has 0 radical (unpaired) electrons. The molecule has 0 saturated heterocycles. The van der Waals surface area contributed by atoms with Crippen LogP contribution in [0.1, 0.15) is 12.8 Å². The Morgan fingerprint density at radius 2 is 1.60 bits per heavy atom. The van der Waals surface area contributed by atoms with E-state index in [1.807, 2.05) is 6.26 Å². The van der Waals surface area contributed by atoms with Crippen molar-refractivity contribution in [1.29, 1.82) is 4.78 Å². The van der Waals surface area contributed by atoms with Crippen LogP contribution in [0.2, 0.25) is 0 Å². The molecular weight excluding hydrogens is 306 g/mol. The number of carbonyl (C=O) groups is 2. The number of thioether (sulfide) groups is 1. The SMILES string of the molecule is CS(=N)(=O)CC[C@H](N)C(=O)O.CSCC[C@H](N)C(=O)O. The van der Waals surface area contributed by atoms with Gasteiger partial charge in [0, 0.05) is 21.7 Å². The summed E-state index contributed by atoms with van der Waals surface area (Å²) in [6, 6.07) is -1.68. The average molecular weight is 329 g/mol. The maximum Gasteiger partial charge on any atom is 0.320 e. The first-order valence-corrected chi connectivity index (χ1v) is 9.21. The standard InChI is InChI=1S/C5H12N2O3S.C5H11NO2S/c1-11(7,10)3-2-4(6)5(8)9;1-9-3-2-4(6)5(7)8/h4,7H,2-3,6H2,1H3,(H,8,9);4H,2-3,6H2,1H3,(H,7,8)/t4-,11?;4-/m00/s1. The molecule has 7 N–H and O–H groups in total. The number of nitrogens with one attached hydrogen (secondary N) is 1. The van der Waals surface area contributed by atoms with Gasteiger partial charge in [0.05, 0.1) is 0 Å². The molecule has 0 saturated carbocycles. The highest BCUT2D eigenvalue weighted by atomic mass is 32.2. The van der Waals surface area contributed by atoms with Crippen molar-refractivity contribution < 1.29 is 24.0 Å². The topological polar surface area (TPSA) is 168 Å². The molecule has 0 aliphatic carbocycles.